The Hall–Kier alpha value is -2.25. The van der Waals surface area contributed by atoms with Gasteiger partial charge in [-0.3, -0.25) is 4.79 Å². The van der Waals surface area contributed by atoms with E-state index in [9.17, 15) is 17.6 Å². The van der Waals surface area contributed by atoms with Crippen molar-refractivity contribution in [2.45, 2.75) is 18.7 Å². The lowest BCUT2D eigenvalue weighted by atomic mass is 10.1. The normalized spacial score (nSPS) is 11.3. The summed E-state index contributed by atoms with van der Waals surface area (Å²) < 4.78 is 39.0. The van der Waals surface area contributed by atoms with E-state index >= 15 is 0 Å². The van der Waals surface area contributed by atoms with Gasteiger partial charge < -0.3 is 5.32 Å². The lowest BCUT2D eigenvalue weighted by Gasteiger charge is -2.10. The molecule has 23 heavy (non-hydrogen) atoms. The molecular formula is C16H17FN2O3S. The molecule has 1 amide bonds. The van der Waals surface area contributed by atoms with Gasteiger partial charge in [0.1, 0.15) is 5.82 Å². The van der Waals surface area contributed by atoms with Crippen LogP contribution in [0.1, 0.15) is 11.1 Å². The number of amides is 1. The monoisotopic (exact) mass is 336 g/mol. The molecule has 0 aliphatic carbocycles. The van der Waals surface area contributed by atoms with Crippen LogP contribution in [0.2, 0.25) is 0 Å². The van der Waals surface area contributed by atoms with Crippen molar-refractivity contribution in [2.24, 2.45) is 0 Å². The summed E-state index contributed by atoms with van der Waals surface area (Å²) in [6.07, 6.45) is 0. The van der Waals surface area contributed by atoms with Crippen LogP contribution in [0.3, 0.4) is 0 Å². The summed E-state index contributed by atoms with van der Waals surface area (Å²) in [6.45, 7) is 3.33. The lowest BCUT2D eigenvalue weighted by Crippen LogP contribution is -2.33. The molecule has 0 saturated carbocycles. The van der Waals surface area contributed by atoms with Gasteiger partial charge in [0.15, 0.2) is 0 Å². The zero-order valence-electron chi connectivity index (χ0n) is 12.8. The molecule has 0 spiro atoms. The molecule has 2 rings (SSSR count). The molecule has 0 heterocycles. The number of carbonyl (C=O) groups is 1. The van der Waals surface area contributed by atoms with Gasteiger partial charge in [-0.15, -0.1) is 0 Å². The van der Waals surface area contributed by atoms with Crippen LogP contribution in [-0.2, 0) is 14.8 Å². The van der Waals surface area contributed by atoms with Crippen molar-refractivity contribution in [3.05, 3.63) is 59.4 Å². The van der Waals surface area contributed by atoms with Crippen LogP contribution in [0.25, 0.3) is 0 Å². The number of hydrogen-bond acceptors (Lipinski definition) is 3. The van der Waals surface area contributed by atoms with Crippen molar-refractivity contribution in [2.75, 3.05) is 11.9 Å². The molecule has 2 N–H and O–H groups in total. The highest BCUT2D eigenvalue weighted by Gasteiger charge is 2.15. The Labute approximate surface area is 134 Å². The van der Waals surface area contributed by atoms with Gasteiger partial charge in [0.2, 0.25) is 15.9 Å². The van der Waals surface area contributed by atoms with Crippen molar-refractivity contribution in [3.63, 3.8) is 0 Å². The highest BCUT2D eigenvalue weighted by Crippen LogP contribution is 2.16. The predicted octanol–water partition coefficient (Wildman–Crippen LogP) is 2.36. The highest BCUT2D eigenvalue weighted by atomic mass is 32.2. The van der Waals surface area contributed by atoms with Crippen molar-refractivity contribution in [1.29, 1.82) is 0 Å². The summed E-state index contributed by atoms with van der Waals surface area (Å²) in [7, 11) is -3.86. The number of hydrogen-bond donors (Lipinski definition) is 2. The summed E-state index contributed by atoms with van der Waals surface area (Å²) in [5.41, 5.74) is 2.50. The molecular weight excluding hydrogens is 319 g/mol. The minimum atomic E-state index is -3.86. The average molecular weight is 336 g/mol. The van der Waals surface area contributed by atoms with E-state index in [1.165, 1.54) is 0 Å². The first kappa shape index (κ1) is 17.1. The molecule has 0 atom stereocenters. The maximum absolute atomic E-state index is 12.8. The van der Waals surface area contributed by atoms with Crippen molar-refractivity contribution in [3.8, 4) is 0 Å². The SMILES string of the molecule is Cc1ccc(C)c(NC(=O)CNS(=O)(=O)c2ccc(F)cc2)c1. The van der Waals surface area contributed by atoms with Crippen molar-refractivity contribution < 1.29 is 17.6 Å². The first-order valence-corrected chi connectivity index (χ1v) is 8.38. The van der Waals surface area contributed by atoms with Gasteiger partial charge in [-0.2, -0.15) is 0 Å². The van der Waals surface area contributed by atoms with Gasteiger partial charge in [-0.1, -0.05) is 12.1 Å². The fourth-order valence-corrected chi connectivity index (χ4v) is 2.90. The first-order chi connectivity index (χ1) is 10.8. The molecule has 0 unspecified atom stereocenters. The third-order valence-corrected chi connectivity index (χ3v) is 4.63. The minimum absolute atomic E-state index is 0.0987. The van der Waals surface area contributed by atoms with Crippen LogP contribution >= 0.6 is 0 Å². The molecule has 0 saturated heterocycles. The van der Waals surface area contributed by atoms with E-state index in [1.54, 1.807) is 0 Å². The van der Waals surface area contributed by atoms with E-state index in [2.05, 4.69) is 10.0 Å². The molecule has 2 aromatic carbocycles. The minimum Gasteiger partial charge on any atom is -0.325 e. The summed E-state index contributed by atoms with van der Waals surface area (Å²) in [6, 6.07) is 9.97. The molecule has 0 aliphatic rings. The van der Waals surface area contributed by atoms with E-state index in [4.69, 9.17) is 0 Å². The predicted molar refractivity (Wildman–Crippen MR) is 86.1 cm³/mol. The molecule has 0 aromatic heterocycles. The van der Waals surface area contributed by atoms with Crippen LogP contribution in [-0.4, -0.2) is 20.9 Å². The Kier molecular flexibility index (Phi) is 5.12. The maximum atomic E-state index is 12.8. The summed E-state index contributed by atoms with van der Waals surface area (Å²) in [4.78, 5) is 11.8. The smallest absolute Gasteiger partial charge is 0.241 e. The molecule has 122 valence electrons. The molecule has 0 fully saturated rings. The fraction of sp³-hybridized carbons (Fsp3) is 0.188. The molecule has 0 radical (unpaired) electrons. The zero-order chi connectivity index (χ0) is 17.0. The number of benzene rings is 2. The van der Waals surface area contributed by atoms with Crippen LogP contribution < -0.4 is 10.0 Å². The number of rotatable bonds is 5. The van der Waals surface area contributed by atoms with E-state index in [1.807, 2.05) is 32.0 Å². The molecule has 7 heteroatoms. The number of halogens is 1. The molecule has 0 aliphatic heterocycles. The van der Waals surface area contributed by atoms with Crippen LogP contribution in [0.5, 0.6) is 0 Å². The lowest BCUT2D eigenvalue weighted by molar-refractivity contribution is -0.115. The molecule has 2 aromatic rings. The second-order valence-corrected chi connectivity index (χ2v) is 6.91. The summed E-state index contributed by atoms with van der Waals surface area (Å²) >= 11 is 0. The Morgan fingerprint density at radius 3 is 2.39 bits per heavy atom. The Morgan fingerprint density at radius 2 is 1.74 bits per heavy atom. The van der Waals surface area contributed by atoms with E-state index in [0.29, 0.717) is 5.69 Å². The summed E-state index contributed by atoms with van der Waals surface area (Å²) in [5, 5.41) is 2.66. The number of carbonyl (C=O) groups excluding carboxylic acids is 1. The number of anilines is 1. The highest BCUT2D eigenvalue weighted by molar-refractivity contribution is 7.89. The zero-order valence-corrected chi connectivity index (χ0v) is 13.6. The average Bonchev–Trinajstić information content (AvgIpc) is 2.49. The van der Waals surface area contributed by atoms with E-state index in [-0.39, 0.29) is 4.90 Å². The fourth-order valence-electron chi connectivity index (χ4n) is 1.92. The summed E-state index contributed by atoms with van der Waals surface area (Å²) in [5.74, 6) is -1.01. The van der Waals surface area contributed by atoms with Crippen molar-refractivity contribution in [1.82, 2.24) is 4.72 Å². The van der Waals surface area contributed by atoms with Gasteiger partial charge in [-0.05, 0) is 55.3 Å². The first-order valence-electron chi connectivity index (χ1n) is 6.90. The van der Waals surface area contributed by atoms with E-state index in [0.717, 1.165) is 35.4 Å². The number of aryl methyl sites for hydroxylation is 2. The molecule has 5 nitrogen and oxygen atoms in total. The second kappa shape index (κ2) is 6.89. The maximum Gasteiger partial charge on any atom is 0.241 e. The Bertz CT molecular complexity index is 818. The topological polar surface area (TPSA) is 75.3 Å². The Morgan fingerprint density at radius 1 is 1.09 bits per heavy atom. The third kappa shape index (κ3) is 4.61. The van der Waals surface area contributed by atoms with Crippen LogP contribution in [0.15, 0.2) is 47.4 Å². The quantitative estimate of drug-likeness (QED) is 0.880. The number of nitrogens with one attached hydrogen (secondary N) is 2. The second-order valence-electron chi connectivity index (χ2n) is 5.15. The van der Waals surface area contributed by atoms with Crippen LogP contribution in [0, 0.1) is 19.7 Å². The van der Waals surface area contributed by atoms with Gasteiger partial charge >= 0.3 is 0 Å². The third-order valence-electron chi connectivity index (χ3n) is 3.21. The number of sulfonamides is 1. The van der Waals surface area contributed by atoms with Gasteiger partial charge in [0.05, 0.1) is 11.4 Å². The van der Waals surface area contributed by atoms with Gasteiger partial charge in [-0.25, -0.2) is 17.5 Å². The Balaban J connectivity index is 2.01. The standard InChI is InChI=1S/C16H17FN2O3S/c1-11-3-4-12(2)15(9-11)19-16(20)10-18-23(21,22)14-7-5-13(17)6-8-14/h3-9,18H,10H2,1-2H3,(H,19,20). The van der Waals surface area contributed by atoms with Gasteiger partial charge in [0.25, 0.3) is 0 Å². The van der Waals surface area contributed by atoms with Crippen LogP contribution in [0.4, 0.5) is 10.1 Å². The molecule has 0 bridgehead atoms. The van der Waals surface area contributed by atoms with E-state index < -0.39 is 28.3 Å². The van der Waals surface area contributed by atoms with Crippen molar-refractivity contribution >= 4 is 21.6 Å². The largest absolute Gasteiger partial charge is 0.325 e. The van der Waals surface area contributed by atoms with Gasteiger partial charge in [0, 0.05) is 5.69 Å².